The number of fused-ring (bicyclic) bond motifs is 1. The van der Waals surface area contributed by atoms with E-state index in [0.717, 1.165) is 4.57 Å². The molecule has 3 rings (SSSR count). The van der Waals surface area contributed by atoms with Gasteiger partial charge >= 0.3 is 12.3 Å². The Morgan fingerprint density at radius 3 is 2.34 bits per heavy atom. The standard InChI is InChI=1S/C18H26F3N5O3/c1-11-9-25(16(28)29-17(2,3)4)6-5-12(11)14(27)24-7-8-26-13(10-24)22-23-15(26)18(19,20)21/h11-12H,5-10H2,1-4H3/t11-,12?/m1/s1. The van der Waals surface area contributed by atoms with Crippen molar-refractivity contribution in [1.82, 2.24) is 24.6 Å². The lowest BCUT2D eigenvalue weighted by atomic mass is 9.85. The molecule has 2 aliphatic rings. The van der Waals surface area contributed by atoms with E-state index in [4.69, 9.17) is 4.74 Å². The minimum atomic E-state index is -4.57. The minimum absolute atomic E-state index is 0.000906. The van der Waals surface area contributed by atoms with Crippen LogP contribution in [0.15, 0.2) is 0 Å². The molecular weight excluding hydrogens is 391 g/mol. The van der Waals surface area contributed by atoms with Gasteiger partial charge in [-0.3, -0.25) is 4.79 Å². The molecule has 2 amide bonds. The molecule has 2 aliphatic heterocycles. The van der Waals surface area contributed by atoms with E-state index in [1.807, 2.05) is 6.92 Å². The fourth-order valence-corrected chi connectivity index (χ4v) is 3.79. The number of hydrogen-bond donors (Lipinski definition) is 0. The Morgan fingerprint density at radius 2 is 1.76 bits per heavy atom. The van der Waals surface area contributed by atoms with Gasteiger partial charge in [0, 0.05) is 32.1 Å². The zero-order chi connectivity index (χ0) is 21.6. The largest absolute Gasteiger partial charge is 0.451 e. The summed E-state index contributed by atoms with van der Waals surface area (Å²) >= 11 is 0. The van der Waals surface area contributed by atoms with Crippen molar-refractivity contribution >= 4 is 12.0 Å². The average molecular weight is 417 g/mol. The van der Waals surface area contributed by atoms with Gasteiger partial charge in [-0.25, -0.2) is 4.79 Å². The highest BCUT2D eigenvalue weighted by molar-refractivity contribution is 5.79. The first kappa shape index (κ1) is 21.4. The second kappa shape index (κ2) is 7.49. The van der Waals surface area contributed by atoms with Crippen LogP contribution in [0.4, 0.5) is 18.0 Å². The fraction of sp³-hybridized carbons (Fsp3) is 0.778. The van der Waals surface area contributed by atoms with Crippen molar-refractivity contribution in [1.29, 1.82) is 0 Å². The molecule has 0 bridgehead atoms. The molecule has 29 heavy (non-hydrogen) atoms. The third-order valence-corrected chi connectivity index (χ3v) is 5.19. The molecule has 1 fully saturated rings. The molecular formula is C18H26F3N5O3. The Bertz CT molecular complexity index is 787. The quantitative estimate of drug-likeness (QED) is 0.702. The van der Waals surface area contributed by atoms with Crippen molar-refractivity contribution in [2.75, 3.05) is 19.6 Å². The van der Waals surface area contributed by atoms with Gasteiger partial charge in [0.2, 0.25) is 11.7 Å². The van der Waals surface area contributed by atoms with Crippen molar-refractivity contribution in [3.05, 3.63) is 11.6 Å². The van der Waals surface area contributed by atoms with Crippen LogP contribution in [0.5, 0.6) is 0 Å². The summed E-state index contributed by atoms with van der Waals surface area (Å²) in [5, 5.41) is 6.86. The van der Waals surface area contributed by atoms with E-state index in [2.05, 4.69) is 10.2 Å². The number of halogens is 3. The maximum absolute atomic E-state index is 13.0. The topological polar surface area (TPSA) is 80.6 Å². The van der Waals surface area contributed by atoms with Gasteiger partial charge in [0.25, 0.3) is 0 Å². The van der Waals surface area contributed by atoms with E-state index in [-0.39, 0.29) is 43.2 Å². The molecule has 0 N–H and O–H groups in total. The van der Waals surface area contributed by atoms with Gasteiger partial charge in [0.05, 0.1) is 6.54 Å². The Balaban J connectivity index is 1.62. The number of carbonyl (C=O) groups is 2. The molecule has 0 aromatic carbocycles. The molecule has 0 aliphatic carbocycles. The highest BCUT2D eigenvalue weighted by Gasteiger charge is 2.41. The van der Waals surface area contributed by atoms with Crippen LogP contribution >= 0.6 is 0 Å². The average Bonchev–Trinajstić information content (AvgIpc) is 3.03. The molecule has 1 aromatic rings. The van der Waals surface area contributed by atoms with Crippen molar-refractivity contribution in [3.8, 4) is 0 Å². The number of likely N-dealkylation sites (tertiary alicyclic amines) is 1. The van der Waals surface area contributed by atoms with Crippen LogP contribution in [-0.2, 0) is 28.8 Å². The van der Waals surface area contributed by atoms with E-state index in [1.165, 1.54) is 4.90 Å². The van der Waals surface area contributed by atoms with E-state index < -0.39 is 23.7 Å². The molecule has 1 unspecified atom stereocenters. The van der Waals surface area contributed by atoms with E-state index >= 15 is 0 Å². The van der Waals surface area contributed by atoms with Crippen molar-refractivity contribution < 1.29 is 27.5 Å². The first-order valence-corrected chi connectivity index (χ1v) is 9.63. The van der Waals surface area contributed by atoms with Gasteiger partial charge in [0.1, 0.15) is 5.60 Å². The third kappa shape index (κ3) is 4.64. The van der Waals surface area contributed by atoms with Crippen LogP contribution in [0.1, 0.15) is 45.8 Å². The monoisotopic (exact) mass is 417 g/mol. The summed E-state index contributed by atoms with van der Waals surface area (Å²) in [5.41, 5.74) is -0.591. The van der Waals surface area contributed by atoms with Crippen molar-refractivity contribution in [2.24, 2.45) is 11.8 Å². The predicted molar refractivity (Wildman–Crippen MR) is 95.5 cm³/mol. The van der Waals surface area contributed by atoms with Gasteiger partial charge in [-0.2, -0.15) is 13.2 Å². The number of piperidine rings is 1. The zero-order valence-corrected chi connectivity index (χ0v) is 17.0. The number of rotatable bonds is 1. The summed E-state index contributed by atoms with van der Waals surface area (Å²) < 4.78 is 45.3. The zero-order valence-electron chi connectivity index (χ0n) is 17.0. The van der Waals surface area contributed by atoms with Crippen LogP contribution in [0.25, 0.3) is 0 Å². The summed E-state index contributed by atoms with van der Waals surface area (Å²) in [6.07, 6.45) is -4.49. The van der Waals surface area contributed by atoms with E-state index in [1.54, 1.807) is 25.7 Å². The first-order valence-electron chi connectivity index (χ1n) is 9.63. The van der Waals surface area contributed by atoms with E-state index in [9.17, 15) is 22.8 Å². The maximum atomic E-state index is 13.0. The predicted octanol–water partition coefficient (Wildman–Crippen LogP) is 2.53. The number of hydrogen-bond acceptors (Lipinski definition) is 5. The van der Waals surface area contributed by atoms with Crippen LogP contribution in [0.2, 0.25) is 0 Å². The molecule has 8 nitrogen and oxygen atoms in total. The molecule has 1 saturated heterocycles. The minimum Gasteiger partial charge on any atom is -0.444 e. The molecule has 1 aromatic heterocycles. The maximum Gasteiger partial charge on any atom is 0.451 e. The normalized spacial score (nSPS) is 23.0. The highest BCUT2D eigenvalue weighted by Crippen LogP contribution is 2.31. The Morgan fingerprint density at radius 1 is 1.07 bits per heavy atom. The van der Waals surface area contributed by atoms with Crippen LogP contribution in [-0.4, -0.2) is 61.8 Å². The number of amides is 2. The lowest BCUT2D eigenvalue weighted by molar-refractivity contribution is -0.148. The number of aromatic nitrogens is 3. The molecule has 11 heteroatoms. The summed E-state index contributed by atoms with van der Waals surface area (Å²) in [7, 11) is 0. The molecule has 3 heterocycles. The van der Waals surface area contributed by atoms with Gasteiger partial charge in [0.15, 0.2) is 5.82 Å². The Kier molecular flexibility index (Phi) is 5.52. The lowest BCUT2D eigenvalue weighted by Crippen LogP contribution is -2.50. The lowest BCUT2D eigenvalue weighted by Gasteiger charge is -2.39. The second-order valence-electron chi connectivity index (χ2n) is 8.65. The number of nitrogens with zero attached hydrogens (tertiary/aromatic N) is 5. The van der Waals surface area contributed by atoms with Crippen LogP contribution < -0.4 is 0 Å². The van der Waals surface area contributed by atoms with Gasteiger partial charge < -0.3 is 19.1 Å². The van der Waals surface area contributed by atoms with Crippen molar-refractivity contribution in [3.63, 3.8) is 0 Å². The third-order valence-electron chi connectivity index (χ3n) is 5.19. The van der Waals surface area contributed by atoms with Crippen LogP contribution in [0.3, 0.4) is 0 Å². The summed E-state index contributed by atoms with van der Waals surface area (Å²) in [5.74, 6) is -1.40. The number of ether oxygens (including phenoxy) is 1. The summed E-state index contributed by atoms with van der Waals surface area (Å²) in [6.45, 7) is 8.26. The fourth-order valence-electron chi connectivity index (χ4n) is 3.79. The molecule has 0 saturated carbocycles. The molecule has 0 spiro atoms. The smallest absolute Gasteiger partial charge is 0.444 e. The summed E-state index contributed by atoms with van der Waals surface area (Å²) in [6, 6.07) is 0. The second-order valence-corrected chi connectivity index (χ2v) is 8.65. The number of carbonyl (C=O) groups excluding carboxylic acids is 2. The summed E-state index contributed by atoms with van der Waals surface area (Å²) in [4.78, 5) is 28.4. The van der Waals surface area contributed by atoms with Crippen LogP contribution in [0, 0.1) is 11.8 Å². The van der Waals surface area contributed by atoms with Gasteiger partial charge in [-0.05, 0) is 33.1 Å². The first-order chi connectivity index (χ1) is 13.4. The highest BCUT2D eigenvalue weighted by atomic mass is 19.4. The van der Waals surface area contributed by atoms with Crippen molar-refractivity contribution in [2.45, 2.75) is 59.0 Å². The number of alkyl halides is 3. The Hall–Kier alpha value is -2.33. The van der Waals surface area contributed by atoms with Gasteiger partial charge in [-0.1, -0.05) is 6.92 Å². The Labute approximate surface area is 167 Å². The molecule has 162 valence electrons. The molecule has 2 atom stereocenters. The molecule has 0 radical (unpaired) electrons. The SMILES string of the molecule is C[C@@H]1CN(C(=O)OC(C)(C)C)CCC1C(=O)N1CCn2c(nnc2C(F)(F)F)C1. The van der Waals surface area contributed by atoms with E-state index in [0.29, 0.717) is 19.5 Å². The van der Waals surface area contributed by atoms with Gasteiger partial charge in [-0.15, -0.1) is 10.2 Å².